The van der Waals surface area contributed by atoms with Crippen LogP contribution >= 0.6 is 11.3 Å². The third kappa shape index (κ3) is 5.34. The van der Waals surface area contributed by atoms with Crippen molar-refractivity contribution in [2.45, 2.75) is 26.5 Å². The number of aryl methyl sites for hydroxylation is 3. The van der Waals surface area contributed by atoms with Crippen LogP contribution in [0.4, 0.5) is 5.69 Å². The number of nitrogens with one attached hydrogen (secondary N) is 1. The molecule has 0 aliphatic carbocycles. The highest BCUT2D eigenvalue weighted by Gasteiger charge is 2.12. The molecule has 1 atom stereocenters. The van der Waals surface area contributed by atoms with Gasteiger partial charge in [0, 0.05) is 27.4 Å². The van der Waals surface area contributed by atoms with Crippen molar-refractivity contribution in [3.05, 3.63) is 70.2 Å². The van der Waals surface area contributed by atoms with Crippen LogP contribution in [-0.2, 0) is 21.3 Å². The molecule has 0 saturated heterocycles. The third-order valence-corrected chi connectivity index (χ3v) is 6.38. The molecule has 0 radical (unpaired) electrons. The van der Waals surface area contributed by atoms with Crippen molar-refractivity contribution >= 4 is 33.7 Å². The van der Waals surface area contributed by atoms with Crippen molar-refractivity contribution < 1.29 is 9.00 Å². The lowest BCUT2D eigenvalue weighted by Crippen LogP contribution is -2.20. The Morgan fingerprint density at radius 3 is 2.52 bits per heavy atom. The lowest BCUT2D eigenvalue weighted by molar-refractivity contribution is -0.113. The Balaban J connectivity index is 1.56. The van der Waals surface area contributed by atoms with E-state index < -0.39 is 10.8 Å². The number of hydrogen-bond donors (Lipinski definition) is 1. The van der Waals surface area contributed by atoms with E-state index in [0.717, 1.165) is 27.5 Å². The van der Waals surface area contributed by atoms with Crippen molar-refractivity contribution in [1.82, 2.24) is 4.98 Å². The lowest BCUT2D eigenvalue weighted by Gasteiger charge is -2.07. The zero-order valence-corrected chi connectivity index (χ0v) is 17.2. The maximum absolute atomic E-state index is 12.3. The normalized spacial score (nSPS) is 12.0. The molecule has 1 N–H and O–H groups in total. The Morgan fingerprint density at radius 1 is 1.07 bits per heavy atom. The molecule has 0 unspecified atom stereocenters. The highest BCUT2D eigenvalue weighted by atomic mass is 32.2. The molecule has 140 valence electrons. The van der Waals surface area contributed by atoms with E-state index in [1.54, 1.807) is 0 Å². The van der Waals surface area contributed by atoms with Gasteiger partial charge in [0.2, 0.25) is 5.91 Å². The van der Waals surface area contributed by atoms with Gasteiger partial charge in [-0.2, -0.15) is 0 Å². The minimum absolute atomic E-state index is 0.0374. The van der Waals surface area contributed by atoms with E-state index in [2.05, 4.69) is 10.3 Å². The molecule has 4 nitrogen and oxygen atoms in total. The number of thiazole rings is 1. The maximum Gasteiger partial charge on any atom is 0.237 e. The van der Waals surface area contributed by atoms with E-state index in [0.29, 0.717) is 0 Å². The first kappa shape index (κ1) is 19.5. The van der Waals surface area contributed by atoms with Crippen LogP contribution in [0.5, 0.6) is 0 Å². The smallest absolute Gasteiger partial charge is 0.237 e. The fourth-order valence-electron chi connectivity index (χ4n) is 2.58. The number of anilines is 1. The number of carbonyl (C=O) groups is 1. The Kier molecular flexibility index (Phi) is 6.19. The van der Waals surface area contributed by atoms with Crippen LogP contribution in [-0.4, -0.2) is 20.9 Å². The summed E-state index contributed by atoms with van der Waals surface area (Å²) in [5, 5.41) is 5.63. The molecular weight excluding hydrogens is 376 g/mol. The second-order valence-corrected chi connectivity index (χ2v) is 8.90. The van der Waals surface area contributed by atoms with Crippen molar-refractivity contribution in [2.75, 3.05) is 11.1 Å². The van der Waals surface area contributed by atoms with Gasteiger partial charge in [-0.05, 0) is 44.0 Å². The summed E-state index contributed by atoms with van der Waals surface area (Å²) in [6.45, 7) is 6.06. The molecule has 0 bridgehead atoms. The number of hydrogen-bond acceptors (Lipinski definition) is 4. The minimum atomic E-state index is -1.30. The highest BCUT2D eigenvalue weighted by molar-refractivity contribution is 7.84. The van der Waals surface area contributed by atoms with Gasteiger partial charge in [-0.3, -0.25) is 9.00 Å². The summed E-state index contributed by atoms with van der Waals surface area (Å²) in [7, 11) is -1.30. The van der Waals surface area contributed by atoms with Crippen molar-refractivity contribution in [3.8, 4) is 10.6 Å². The molecule has 3 aromatic rings. The van der Waals surface area contributed by atoms with Gasteiger partial charge in [0.25, 0.3) is 0 Å². The molecule has 0 saturated carbocycles. The van der Waals surface area contributed by atoms with Crippen LogP contribution in [0, 0.1) is 20.8 Å². The molecule has 0 fully saturated rings. The number of carbonyl (C=O) groups excluding carboxylic acids is 1. The van der Waals surface area contributed by atoms with Crippen LogP contribution in [0.25, 0.3) is 10.6 Å². The van der Waals surface area contributed by atoms with Gasteiger partial charge < -0.3 is 5.32 Å². The topological polar surface area (TPSA) is 59.1 Å². The summed E-state index contributed by atoms with van der Waals surface area (Å²) in [5.41, 5.74) is 6.02. The Hall–Kier alpha value is -2.31. The quantitative estimate of drug-likeness (QED) is 0.659. The highest BCUT2D eigenvalue weighted by Crippen LogP contribution is 2.24. The Morgan fingerprint density at radius 2 is 1.81 bits per heavy atom. The average molecular weight is 399 g/mol. The van der Waals surface area contributed by atoms with Gasteiger partial charge in [-0.1, -0.05) is 35.9 Å². The molecule has 1 aromatic heterocycles. The van der Waals surface area contributed by atoms with Gasteiger partial charge in [0.05, 0.1) is 11.4 Å². The molecule has 0 aliphatic heterocycles. The first-order chi connectivity index (χ1) is 12.9. The summed E-state index contributed by atoms with van der Waals surface area (Å²) in [4.78, 5) is 16.7. The van der Waals surface area contributed by atoms with Crippen molar-refractivity contribution in [1.29, 1.82) is 0 Å². The fourth-order valence-corrected chi connectivity index (χ4v) is 4.46. The van der Waals surface area contributed by atoms with E-state index >= 15 is 0 Å². The maximum atomic E-state index is 12.3. The number of rotatable bonds is 6. The van der Waals surface area contributed by atoms with Crippen molar-refractivity contribution in [3.63, 3.8) is 0 Å². The van der Waals surface area contributed by atoms with Gasteiger partial charge >= 0.3 is 0 Å². The third-order valence-electron chi connectivity index (χ3n) is 4.24. The predicted octanol–water partition coefficient (Wildman–Crippen LogP) is 4.62. The standard InChI is InChI=1S/C21H22N2O2S2/c1-14-4-7-17(8-5-14)21-23-19(11-26-21)12-27(25)13-20(24)22-18-9-6-15(2)16(3)10-18/h4-11H,12-13H2,1-3H3,(H,22,24)/t27-/m0/s1. The molecule has 6 heteroatoms. The summed E-state index contributed by atoms with van der Waals surface area (Å²) in [5.74, 6) is -0.00176. The molecule has 0 spiro atoms. The zero-order valence-electron chi connectivity index (χ0n) is 15.6. The predicted molar refractivity (Wildman–Crippen MR) is 114 cm³/mol. The number of aromatic nitrogens is 1. The van der Waals surface area contributed by atoms with Gasteiger partial charge in [0.15, 0.2) is 0 Å². The second-order valence-electron chi connectivity index (χ2n) is 6.59. The summed E-state index contributed by atoms with van der Waals surface area (Å²) >= 11 is 1.53. The Bertz CT molecular complexity index is 978. The van der Waals surface area contributed by atoms with Gasteiger partial charge in [-0.15, -0.1) is 11.3 Å². The number of nitrogens with zero attached hydrogens (tertiary/aromatic N) is 1. The van der Waals surface area contributed by atoms with E-state index in [1.807, 2.05) is 68.6 Å². The molecule has 3 rings (SSSR count). The molecule has 0 aliphatic rings. The molecular formula is C21H22N2O2S2. The van der Waals surface area contributed by atoms with Gasteiger partial charge in [0.1, 0.15) is 10.8 Å². The molecule has 1 heterocycles. The summed E-state index contributed by atoms with van der Waals surface area (Å²) < 4.78 is 12.3. The number of amides is 1. The van der Waals surface area contributed by atoms with Gasteiger partial charge in [-0.25, -0.2) is 4.98 Å². The SMILES string of the molecule is Cc1ccc(-c2nc(C[S@](=O)CC(=O)Nc3ccc(C)c(C)c3)cs2)cc1. The number of benzene rings is 2. The molecule has 2 aromatic carbocycles. The largest absolute Gasteiger partial charge is 0.325 e. The summed E-state index contributed by atoms with van der Waals surface area (Å²) in [6, 6.07) is 13.9. The van der Waals surface area contributed by atoms with Crippen LogP contribution in [0.2, 0.25) is 0 Å². The van der Waals surface area contributed by atoms with Crippen LogP contribution in [0.15, 0.2) is 47.8 Å². The van der Waals surface area contributed by atoms with Crippen molar-refractivity contribution in [2.24, 2.45) is 0 Å². The Labute approximate surface area is 166 Å². The first-order valence-corrected chi connectivity index (χ1v) is 11.0. The van der Waals surface area contributed by atoms with Crippen LogP contribution in [0.3, 0.4) is 0 Å². The second kappa shape index (κ2) is 8.59. The van der Waals surface area contributed by atoms with Crippen LogP contribution < -0.4 is 5.32 Å². The molecule has 27 heavy (non-hydrogen) atoms. The molecule has 1 amide bonds. The van der Waals surface area contributed by atoms with E-state index in [4.69, 9.17) is 0 Å². The zero-order chi connectivity index (χ0) is 19.4. The average Bonchev–Trinajstić information content (AvgIpc) is 3.07. The first-order valence-electron chi connectivity index (χ1n) is 8.64. The fraction of sp³-hybridized carbons (Fsp3) is 0.238. The van der Waals surface area contributed by atoms with E-state index in [-0.39, 0.29) is 17.4 Å². The minimum Gasteiger partial charge on any atom is -0.325 e. The lowest BCUT2D eigenvalue weighted by atomic mass is 10.1. The monoisotopic (exact) mass is 398 g/mol. The van der Waals surface area contributed by atoms with E-state index in [9.17, 15) is 9.00 Å². The van der Waals surface area contributed by atoms with Crippen LogP contribution in [0.1, 0.15) is 22.4 Å². The summed E-state index contributed by atoms with van der Waals surface area (Å²) in [6.07, 6.45) is 0. The van der Waals surface area contributed by atoms with E-state index in [1.165, 1.54) is 22.5 Å².